The Kier molecular flexibility index (Phi) is 8.71. The van der Waals surface area contributed by atoms with Crippen LogP contribution in [0.15, 0.2) is 48.7 Å². The first-order chi connectivity index (χ1) is 16.0. The topological polar surface area (TPSA) is 83.8 Å². The van der Waals surface area contributed by atoms with Crippen molar-refractivity contribution >= 4 is 11.7 Å². The molecule has 176 valence electrons. The largest absolute Gasteiger partial charge is 0.497 e. The minimum Gasteiger partial charge on any atom is -0.497 e. The van der Waals surface area contributed by atoms with Crippen molar-refractivity contribution in [3.8, 4) is 17.2 Å². The lowest BCUT2D eigenvalue weighted by Gasteiger charge is -2.12. The Morgan fingerprint density at radius 3 is 2.18 bits per heavy atom. The van der Waals surface area contributed by atoms with Crippen molar-refractivity contribution in [1.29, 1.82) is 0 Å². The highest BCUT2D eigenvalue weighted by atomic mass is 16.5. The summed E-state index contributed by atoms with van der Waals surface area (Å²) in [6, 6.07) is 13.2. The Labute approximate surface area is 194 Å². The van der Waals surface area contributed by atoms with Crippen molar-refractivity contribution in [1.82, 2.24) is 9.78 Å². The van der Waals surface area contributed by atoms with Crippen molar-refractivity contribution in [2.75, 3.05) is 39.9 Å². The van der Waals surface area contributed by atoms with Gasteiger partial charge in [-0.25, -0.2) is 0 Å². The van der Waals surface area contributed by atoms with Crippen LogP contribution in [0.1, 0.15) is 27.9 Å². The maximum atomic E-state index is 12.9. The Hall–Kier alpha value is -3.52. The first kappa shape index (κ1) is 24.1. The van der Waals surface area contributed by atoms with Gasteiger partial charge in [-0.1, -0.05) is 0 Å². The highest BCUT2D eigenvalue weighted by Gasteiger charge is 2.12. The molecule has 8 nitrogen and oxygen atoms in total. The molecule has 2 aromatic carbocycles. The van der Waals surface area contributed by atoms with E-state index in [0.717, 1.165) is 41.9 Å². The van der Waals surface area contributed by atoms with Gasteiger partial charge in [0, 0.05) is 51.1 Å². The van der Waals surface area contributed by atoms with Gasteiger partial charge < -0.3 is 24.3 Å². The molecular weight excluding hydrogens is 422 g/mol. The fourth-order valence-electron chi connectivity index (χ4n) is 3.38. The van der Waals surface area contributed by atoms with E-state index in [1.54, 1.807) is 51.4 Å². The minimum absolute atomic E-state index is 0.236. The molecule has 0 aliphatic rings. The van der Waals surface area contributed by atoms with Crippen LogP contribution < -0.4 is 19.5 Å². The van der Waals surface area contributed by atoms with Crippen molar-refractivity contribution in [2.45, 2.75) is 19.3 Å². The van der Waals surface area contributed by atoms with Crippen LogP contribution in [-0.2, 0) is 24.6 Å². The van der Waals surface area contributed by atoms with Gasteiger partial charge in [-0.15, -0.1) is 0 Å². The molecule has 1 heterocycles. The summed E-state index contributed by atoms with van der Waals surface area (Å²) in [6.07, 6.45) is 4.01. The van der Waals surface area contributed by atoms with E-state index in [0.29, 0.717) is 30.3 Å². The number of benzene rings is 2. The van der Waals surface area contributed by atoms with Crippen molar-refractivity contribution in [3.63, 3.8) is 0 Å². The molecule has 0 saturated carbocycles. The number of nitrogens with one attached hydrogen (secondary N) is 1. The van der Waals surface area contributed by atoms with Crippen molar-refractivity contribution in [3.05, 3.63) is 65.4 Å². The average molecular weight is 454 g/mol. The SMILES string of the molecule is COCCCOc1cc(CCc2cc(OC)cc(OC)c2)cc(C(=O)Nc2ccn(C)n2)c1. The Balaban J connectivity index is 1.78. The van der Waals surface area contributed by atoms with Gasteiger partial charge in [-0.2, -0.15) is 5.10 Å². The molecule has 1 N–H and O–H groups in total. The Bertz CT molecular complexity index is 1040. The number of hydrogen-bond acceptors (Lipinski definition) is 6. The summed E-state index contributed by atoms with van der Waals surface area (Å²) >= 11 is 0. The van der Waals surface area contributed by atoms with Crippen LogP contribution in [0.25, 0.3) is 0 Å². The zero-order chi connectivity index (χ0) is 23.6. The molecule has 0 saturated heterocycles. The number of rotatable bonds is 12. The molecule has 0 radical (unpaired) electrons. The quantitative estimate of drug-likeness (QED) is 0.419. The molecule has 33 heavy (non-hydrogen) atoms. The van der Waals surface area contributed by atoms with Gasteiger partial charge in [0.1, 0.15) is 17.2 Å². The highest BCUT2D eigenvalue weighted by molar-refractivity contribution is 6.04. The van der Waals surface area contributed by atoms with Gasteiger partial charge in [0.2, 0.25) is 0 Å². The first-order valence-corrected chi connectivity index (χ1v) is 10.8. The zero-order valence-electron chi connectivity index (χ0n) is 19.6. The zero-order valence-corrected chi connectivity index (χ0v) is 19.6. The van der Waals surface area contributed by atoms with E-state index >= 15 is 0 Å². The number of methoxy groups -OCH3 is 3. The molecule has 0 spiro atoms. The number of hydrogen-bond donors (Lipinski definition) is 1. The lowest BCUT2D eigenvalue weighted by Crippen LogP contribution is -2.13. The number of aromatic nitrogens is 2. The number of anilines is 1. The molecule has 0 fully saturated rings. The van der Waals surface area contributed by atoms with Crippen LogP contribution in [0.3, 0.4) is 0 Å². The summed E-state index contributed by atoms with van der Waals surface area (Å²) < 4.78 is 23.4. The van der Waals surface area contributed by atoms with E-state index in [1.165, 1.54) is 0 Å². The predicted octanol–water partition coefficient (Wildman–Crippen LogP) is 3.89. The third-order valence-corrected chi connectivity index (χ3v) is 5.06. The number of carbonyl (C=O) groups excluding carboxylic acids is 1. The lowest BCUT2D eigenvalue weighted by molar-refractivity contribution is 0.102. The average Bonchev–Trinajstić information content (AvgIpc) is 3.24. The lowest BCUT2D eigenvalue weighted by atomic mass is 10.0. The van der Waals surface area contributed by atoms with Crippen LogP contribution >= 0.6 is 0 Å². The normalized spacial score (nSPS) is 10.7. The van der Waals surface area contributed by atoms with Crippen LogP contribution in [0.2, 0.25) is 0 Å². The van der Waals surface area contributed by atoms with E-state index in [9.17, 15) is 4.79 Å². The third kappa shape index (κ3) is 7.25. The maximum Gasteiger partial charge on any atom is 0.257 e. The van der Waals surface area contributed by atoms with Gasteiger partial charge in [0.25, 0.3) is 5.91 Å². The van der Waals surface area contributed by atoms with E-state index in [2.05, 4.69) is 10.4 Å². The standard InChI is InChI=1S/C25H31N3O5/c1-28-9-8-24(27-28)26-25(29)20-12-18(15-23(16-20)33-11-5-10-30-2)6-7-19-13-21(31-3)17-22(14-19)32-4/h8-9,12-17H,5-7,10-11H2,1-4H3,(H,26,27,29). The van der Waals surface area contributed by atoms with Crippen molar-refractivity contribution < 1.29 is 23.7 Å². The van der Waals surface area contributed by atoms with Gasteiger partial charge >= 0.3 is 0 Å². The highest BCUT2D eigenvalue weighted by Crippen LogP contribution is 2.25. The number of carbonyl (C=O) groups is 1. The van der Waals surface area contributed by atoms with Gasteiger partial charge in [0.05, 0.1) is 20.8 Å². The molecule has 3 rings (SSSR count). The third-order valence-electron chi connectivity index (χ3n) is 5.06. The molecule has 1 aromatic heterocycles. The summed E-state index contributed by atoms with van der Waals surface area (Å²) in [7, 11) is 6.73. The van der Waals surface area contributed by atoms with E-state index in [4.69, 9.17) is 18.9 Å². The molecule has 0 bridgehead atoms. The Morgan fingerprint density at radius 1 is 0.909 bits per heavy atom. The predicted molar refractivity (Wildman–Crippen MR) is 127 cm³/mol. The van der Waals surface area contributed by atoms with Gasteiger partial charge in [-0.05, 0) is 54.3 Å². The van der Waals surface area contributed by atoms with Gasteiger partial charge in [0.15, 0.2) is 5.82 Å². The van der Waals surface area contributed by atoms with Gasteiger partial charge in [-0.3, -0.25) is 9.48 Å². The van der Waals surface area contributed by atoms with E-state index < -0.39 is 0 Å². The Morgan fingerprint density at radius 2 is 1.58 bits per heavy atom. The first-order valence-electron chi connectivity index (χ1n) is 10.8. The fraction of sp³-hybridized carbons (Fsp3) is 0.360. The van der Waals surface area contributed by atoms with Crippen LogP contribution in [0.5, 0.6) is 17.2 Å². The van der Waals surface area contributed by atoms with E-state index in [-0.39, 0.29) is 5.91 Å². The molecule has 0 unspecified atom stereocenters. The molecular formula is C25H31N3O5. The molecule has 0 atom stereocenters. The smallest absolute Gasteiger partial charge is 0.257 e. The summed E-state index contributed by atoms with van der Waals surface area (Å²) in [5, 5.41) is 7.05. The summed E-state index contributed by atoms with van der Waals surface area (Å²) in [5.41, 5.74) is 2.59. The number of ether oxygens (including phenoxy) is 4. The number of aryl methyl sites for hydroxylation is 3. The molecule has 0 aliphatic heterocycles. The number of nitrogens with zero attached hydrogens (tertiary/aromatic N) is 2. The molecule has 0 aliphatic carbocycles. The van der Waals surface area contributed by atoms with Crippen LogP contribution in [0.4, 0.5) is 5.82 Å². The summed E-state index contributed by atoms with van der Waals surface area (Å²) in [6.45, 7) is 1.12. The maximum absolute atomic E-state index is 12.9. The van der Waals surface area contributed by atoms with Crippen LogP contribution in [0, 0.1) is 0 Å². The summed E-state index contributed by atoms with van der Waals surface area (Å²) in [4.78, 5) is 12.9. The second-order valence-electron chi connectivity index (χ2n) is 7.61. The second kappa shape index (κ2) is 11.9. The molecule has 1 amide bonds. The summed E-state index contributed by atoms with van der Waals surface area (Å²) in [5.74, 6) is 2.40. The monoisotopic (exact) mass is 453 g/mol. The van der Waals surface area contributed by atoms with E-state index in [1.807, 2.05) is 30.3 Å². The molecule has 8 heteroatoms. The fourth-order valence-corrected chi connectivity index (χ4v) is 3.38. The van der Waals surface area contributed by atoms with Crippen molar-refractivity contribution in [2.24, 2.45) is 7.05 Å². The second-order valence-corrected chi connectivity index (χ2v) is 7.61. The molecule has 3 aromatic rings. The van der Waals surface area contributed by atoms with Crippen LogP contribution in [-0.4, -0.2) is 50.2 Å². The minimum atomic E-state index is -0.236. The number of amides is 1.